The van der Waals surface area contributed by atoms with Crippen molar-refractivity contribution >= 4 is 21.6 Å². The summed E-state index contributed by atoms with van der Waals surface area (Å²) in [6.45, 7) is 3.74. The lowest BCUT2D eigenvalue weighted by Crippen LogP contribution is -2.50. The molecule has 1 amide bonds. The lowest BCUT2D eigenvalue weighted by Gasteiger charge is -2.38. The van der Waals surface area contributed by atoms with Gasteiger partial charge >= 0.3 is 0 Å². The monoisotopic (exact) mass is 493 g/mol. The minimum atomic E-state index is -3.88. The Bertz CT molecular complexity index is 1120. The molecule has 2 aromatic rings. The fraction of sp³-hybridized carbons (Fsp3) is 0.458. The van der Waals surface area contributed by atoms with E-state index in [4.69, 9.17) is 4.74 Å². The Kier molecular flexibility index (Phi) is 7.84. The Morgan fingerprint density at radius 1 is 1.18 bits per heavy atom. The summed E-state index contributed by atoms with van der Waals surface area (Å²) in [5, 5.41) is 9.76. The summed E-state index contributed by atoms with van der Waals surface area (Å²) in [4.78, 5) is 16.8. The fourth-order valence-corrected chi connectivity index (χ4v) is 5.03. The molecule has 0 fully saturated rings. The summed E-state index contributed by atoms with van der Waals surface area (Å²) in [7, 11) is 1.30. The van der Waals surface area contributed by atoms with Gasteiger partial charge in [-0.1, -0.05) is 6.92 Å². The van der Waals surface area contributed by atoms with Crippen molar-refractivity contribution in [3.63, 3.8) is 0 Å². The van der Waals surface area contributed by atoms with E-state index in [-0.39, 0.29) is 36.4 Å². The highest BCUT2D eigenvalue weighted by Gasteiger charge is 2.35. The maximum atomic E-state index is 13.4. The van der Waals surface area contributed by atoms with E-state index in [2.05, 4.69) is 0 Å². The van der Waals surface area contributed by atoms with Gasteiger partial charge in [-0.15, -0.1) is 0 Å². The van der Waals surface area contributed by atoms with Gasteiger partial charge < -0.3 is 19.6 Å². The number of fused-ring (bicyclic) bond motifs is 1. The molecule has 2 aromatic carbocycles. The molecular formula is C24H32FN3O5S. The summed E-state index contributed by atoms with van der Waals surface area (Å²) in [5.41, 5.74) is 1.17. The van der Waals surface area contributed by atoms with Crippen molar-refractivity contribution in [1.82, 2.24) is 9.21 Å². The first-order valence-electron chi connectivity index (χ1n) is 11.1. The van der Waals surface area contributed by atoms with Gasteiger partial charge in [-0.3, -0.25) is 4.79 Å². The van der Waals surface area contributed by atoms with Gasteiger partial charge in [0.1, 0.15) is 17.7 Å². The molecule has 0 unspecified atom stereocenters. The Labute approximate surface area is 200 Å². The number of aliphatic hydroxyl groups excluding tert-OH is 1. The Balaban J connectivity index is 1.97. The van der Waals surface area contributed by atoms with Crippen molar-refractivity contribution in [3.8, 4) is 5.75 Å². The number of hydrogen-bond donors (Lipinski definition) is 1. The van der Waals surface area contributed by atoms with Gasteiger partial charge in [-0.25, -0.2) is 12.8 Å². The molecule has 0 radical (unpaired) electrons. The van der Waals surface area contributed by atoms with Crippen LogP contribution >= 0.6 is 0 Å². The van der Waals surface area contributed by atoms with Gasteiger partial charge in [0.05, 0.1) is 29.7 Å². The number of aliphatic hydroxyl groups is 1. The van der Waals surface area contributed by atoms with Gasteiger partial charge in [-0.05, 0) is 49.4 Å². The van der Waals surface area contributed by atoms with Crippen molar-refractivity contribution in [2.75, 3.05) is 45.7 Å². The second-order valence-electron chi connectivity index (χ2n) is 8.94. The van der Waals surface area contributed by atoms with Crippen LogP contribution in [0.4, 0.5) is 10.1 Å². The average Bonchev–Trinajstić information content (AvgIpc) is 2.80. The zero-order valence-corrected chi connectivity index (χ0v) is 20.9. The van der Waals surface area contributed by atoms with Crippen LogP contribution in [0, 0.1) is 11.7 Å². The summed E-state index contributed by atoms with van der Waals surface area (Å²) in [6, 6.07) is 9.52. The van der Waals surface area contributed by atoms with E-state index < -0.39 is 28.0 Å². The predicted octanol–water partition coefficient (Wildman–Crippen LogP) is 2.43. The second-order valence-corrected chi connectivity index (χ2v) is 11.0. The normalized spacial score (nSPS) is 19.8. The molecule has 10 heteroatoms. The van der Waals surface area contributed by atoms with Crippen LogP contribution in [-0.4, -0.2) is 81.6 Å². The van der Waals surface area contributed by atoms with Crippen LogP contribution in [0.1, 0.15) is 24.2 Å². The third-order valence-corrected chi connectivity index (χ3v) is 7.96. The quantitative estimate of drug-likeness (QED) is 0.637. The predicted molar refractivity (Wildman–Crippen MR) is 128 cm³/mol. The summed E-state index contributed by atoms with van der Waals surface area (Å²) in [5.74, 6) is -0.659. The van der Waals surface area contributed by atoms with Crippen molar-refractivity contribution in [2.24, 2.45) is 5.92 Å². The van der Waals surface area contributed by atoms with Gasteiger partial charge in [0.2, 0.25) is 10.0 Å². The average molecular weight is 494 g/mol. The molecule has 0 saturated heterocycles. The number of hydrogen-bond acceptors (Lipinski definition) is 6. The molecule has 3 atom stereocenters. The standard InChI is InChI=1S/C24H32FN3O5S/c1-16-13-28(17(2)15-29)24(30)21-12-19(26(3)4)8-11-22(21)33-23(16)14-27(5)34(31,32)20-9-6-18(25)7-10-20/h6-12,16-17,23,29H,13-15H2,1-5H3/t16-,17-,23-/m0/s1. The summed E-state index contributed by atoms with van der Waals surface area (Å²) in [6.07, 6.45) is -0.578. The molecule has 34 heavy (non-hydrogen) atoms. The Morgan fingerprint density at radius 2 is 1.82 bits per heavy atom. The highest BCUT2D eigenvalue weighted by atomic mass is 32.2. The molecular weight excluding hydrogens is 461 g/mol. The van der Waals surface area contributed by atoms with E-state index in [1.54, 1.807) is 24.0 Å². The minimum absolute atomic E-state index is 0.0170. The highest BCUT2D eigenvalue weighted by Crippen LogP contribution is 2.31. The number of halogens is 1. The Morgan fingerprint density at radius 3 is 2.41 bits per heavy atom. The van der Waals surface area contributed by atoms with Crippen LogP contribution in [0.15, 0.2) is 47.4 Å². The number of anilines is 1. The van der Waals surface area contributed by atoms with Gasteiger partial charge in [0, 0.05) is 39.3 Å². The zero-order valence-electron chi connectivity index (χ0n) is 20.1. The van der Waals surface area contributed by atoms with Gasteiger partial charge in [0.25, 0.3) is 5.91 Å². The van der Waals surface area contributed by atoms with Crippen LogP contribution in [0.5, 0.6) is 5.75 Å². The molecule has 1 aliphatic rings. The molecule has 3 rings (SSSR count). The van der Waals surface area contributed by atoms with Crippen LogP contribution in [0.3, 0.4) is 0 Å². The SMILES string of the molecule is C[C@H]1CN([C@@H](C)CO)C(=O)c2cc(N(C)C)ccc2O[C@H]1CN(C)S(=O)(=O)c1ccc(F)cc1. The maximum Gasteiger partial charge on any atom is 0.258 e. The van der Waals surface area contributed by atoms with Crippen molar-refractivity contribution in [2.45, 2.75) is 30.9 Å². The summed E-state index contributed by atoms with van der Waals surface area (Å²) >= 11 is 0. The molecule has 186 valence electrons. The van der Waals surface area contributed by atoms with E-state index >= 15 is 0 Å². The number of amides is 1. The van der Waals surface area contributed by atoms with Gasteiger partial charge in [-0.2, -0.15) is 4.31 Å². The van der Waals surface area contributed by atoms with E-state index in [9.17, 15) is 22.7 Å². The lowest BCUT2D eigenvalue weighted by atomic mass is 9.99. The van der Waals surface area contributed by atoms with E-state index in [1.165, 1.54) is 23.5 Å². The third-order valence-electron chi connectivity index (χ3n) is 6.12. The first kappa shape index (κ1) is 25.9. The van der Waals surface area contributed by atoms with Crippen molar-refractivity contribution in [3.05, 3.63) is 53.8 Å². The largest absolute Gasteiger partial charge is 0.488 e. The topological polar surface area (TPSA) is 90.4 Å². The van der Waals surface area contributed by atoms with Crippen LogP contribution in [-0.2, 0) is 10.0 Å². The first-order valence-corrected chi connectivity index (χ1v) is 12.5. The molecule has 0 spiro atoms. The minimum Gasteiger partial charge on any atom is -0.488 e. The number of ether oxygens (including phenoxy) is 1. The molecule has 1 aliphatic heterocycles. The number of carbonyl (C=O) groups is 1. The number of carbonyl (C=O) groups excluding carboxylic acids is 1. The third kappa shape index (κ3) is 5.34. The number of nitrogens with zero attached hydrogens (tertiary/aromatic N) is 3. The molecule has 1 N–H and O–H groups in total. The maximum absolute atomic E-state index is 13.4. The second kappa shape index (κ2) is 10.3. The van der Waals surface area contributed by atoms with E-state index in [0.717, 1.165) is 17.8 Å². The number of likely N-dealkylation sites (N-methyl/N-ethyl adjacent to an activating group) is 1. The zero-order chi connectivity index (χ0) is 25.2. The van der Waals surface area contributed by atoms with E-state index in [0.29, 0.717) is 11.3 Å². The highest BCUT2D eigenvalue weighted by molar-refractivity contribution is 7.89. The van der Waals surface area contributed by atoms with Crippen molar-refractivity contribution < 1.29 is 27.4 Å². The molecule has 0 aliphatic carbocycles. The number of benzene rings is 2. The smallest absolute Gasteiger partial charge is 0.258 e. The molecule has 0 aromatic heterocycles. The summed E-state index contributed by atoms with van der Waals surface area (Å²) < 4.78 is 46.8. The van der Waals surface area contributed by atoms with Crippen molar-refractivity contribution in [1.29, 1.82) is 0 Å². The first-order chi connectivity index (χ1) is 15.9. The molecule has 8 nitrogen and oxygen atoms in total. The fourth-order valence-electron chi connectivity index (χ4n) is 3.84. The molecule has 0 bridgehead atoms. The van der Waals surface area contributed by atoms with Crippen LogP contribution in [0.25, 0.3) is 0 Å². The molecule has 1 heterocycles. The molecule has 0 saturated carbocycles. The van der Waals surface area contributed by atoms with Crippen LogP contribution < -0.4 is 9.64 Å². The van der Waals surface area contributed by atoms with Crippen LogP contribution in [0.2, 0.25) is 0 Å². The Hall–Kier alpha value is -2.69. The lowest BCUT2D eigenvalue weighted by molar-refractivity contribution is 0.0387. The number of sulfonamides is 1. The number of rotatable bonds is 7. The van der Waals surface area contributed by atoms with E-state index in [1.807, 2.05) is 32.0 Å². The van der Waals surface area contributed by atoms with Gasteiger partial charge in [0.15, 0.2) is 0 Å².